The van der Waals surface area contributed by atoms with Gasteiger partial charge in [-0.05, 0) is 37.5 Å². The van der Waals surface area contributed by atoms with Crippen molar-refractivity contribution in [1.82, 2.24) is 16.0 Å². The van der Waals surface area contributed by atoms with E-state index >= 15 is 0 Å². The predicted molar refractivity (Wildman–Crippen MR) is 84.0 cm³/mol. The molecule has 2 rings (SSSR count). The number of ether oxygens (including phenoxy) is 1. The van der Waals surface area contributed by atoms with Crippen LogP contribution in [-0.4, -0.2) is 31.6 Å². The zero-order valence-electron chi connectivity index (χ0n) is 12.4. The molecule has 1 atom stereocenters. The number of carbonyl (C=O) groups is 2. The lowest BCUT2D eigenvalue weighted by atomic mass is 10.1. The Bertz CT molecular complexity index is 551. The Balaban J connectivity index is 1.89. The molecule has 1 aliphatic rings. The maximum absolute atomic E-state index is 12.0. The van der Waals surface area contributed by atoms with Crippen LogP contribution < -0.4 is 20.7 Å². The summed E-state index contributed by atoms with van der Waals surface area (Å²) in [7, 11) is 1.56. The molecule has 0 unspecified atom stereocenters. The van der Waals surface area contributed by atoms with Crippen LogP contribution in [0.1, 0.15) is 24.8 Å². The number of halogens is 1. The lowest BCUT2D eigenvalue weighted by Crippen LogP contribution is -2.48. The summed E-state index contributed by atoms with van der Waals surface area (Å²) in [5, 5.41) is 8.77. The van der Waals surface area contributed by atoms with Gasteiger partial charge >= 0.3 is 6.03 Å². The molecule has 1 aliphatic heterocycles. The largest absolute Gasteiger partial charge is 0.496 e. The normalized spacial score (nSPS) is 18.1. The molecule has 0 aromatic heterocycles. The van der Waals surface area contributed by atoms with E-state index in [1.165, 1.54) is 0 Å². The Hall–Kier alpha value is -1.95. The molecular formula is C15H20ClN3O3. The number of rotatable bonds is 4. The molecule has 1 aromatic carbocycles. The maximum Gasteiger partial charge on any atom is 0.315 e. The van der Waals surface area contributed by atoms with Crippen LogP contribution in [0.25, 0.3) is 0 Å². The van der Waals surface area contributed by atoms with Crippen molar-refractivity contribution < 1.29 is 14.3 Å². The summed E-state index contributed by atoms with van der Waals surface area (Å²) in [5.74, 6) is 0.518. The first-order valence-electron chi connectivity index (χ1n) is 7.24. The van der Waals surface area contributed by atoms with Crippen molar-refractivity contribution in [1.29, 1.82) is 0 Å². The number of urea groups is 1. The minimum Gasteiger partial charge on any atom is -0.496 e. The van der Waals surface area contributed by atoms with E-state index in [1.807, 2.05) is 0 Å². The summed E-state index contributed by atoms with van der Waals surface area (Å²) in [6, 6.07) is 4.34. The van der Waals surface area contributed by atoms with Crippen LogP contribution in [0.15, 0.2) is 18.2 Å². The fourth-order valence-corrected chi connectivity index (χ4v) is 2.54. The topological polar surface area (TPSA) is 79.5 Å². The molecule has 0 spiro atoms. The fourth-order valence-electron chi connectivity index (χ4n) is 2.35. The van der Waals surface area contributed by atoms with Gasteiger partial charge in [0.15, 0.2) is 0 Å². The lowest BCUT2D eigenvalue weighted by molar-refractivity contribution is -0.122. The van der Waals surface area contributed by atoms with Gasteiger partial charge in [-0.1, -0.05) is 11.6 Å². The van der Waals surface area contributed by atoms with Gasteiger partial charge in [-0.2, -0.15) is 0 Å². The number of methoxy groups -OCH3 is 1. The monoisotopic (exact) mass is 325 g/mol. The van der Waals surface area contributed by atoms with Gasteiger partial charge in [0.05, 0.1) is 7.11 Å². The minimum atomic E-state index is -0.483. The van der Waals surface area contributed by atoms with Crippen molar-refractivity contribution in [2.24, 2.45) is 0 Å². The van der Waals surface area contributed by atoms with Crippen molar-refractivity contribution in [3.63, 3.8) is 0 Å². The second-order valence-electron chi connectivity index (χ2n) is 5.12. The number of amides is 3. The summed E-state index contributed by atoms with van der Waals surface area (Å²) >= 11 is 5.95. The predicted octanol–water partition coefficient (Wildman–Crippen LogP) is 1.82. The third-order valence-electron chi connectivity index (χ3n) is 3.52. The van der Waals surface area contributed by atoms with Gasteiger partial charge in [0.1, 0.15) is 11.8 Å². The van der Waals surface area contributed by atoms with Crippen molar-refractivity contribution in [3.05, 3.63) is 28.8 Å². The first kappa shape index (κ1) is 16.4. The van der Waals surface area contributed by atoms with E-state index in [-0.39, 0.29) is 18.5 Å². The van der Waals surface area contributed by atoms with Crippen LogP contribution in [-0.2, 0) is 11.3 Å². The molecule has 0 bridgehead atoms. The molecule has 6 nitrogen and oxygen atoms in total. The molecule has 0 radical (unpaired) electrons. The molecule has 120 valence electrons. The highest BCUT2D eigenvalue weighted by Gasteiger charge is 2.22. The zero-order chi connectivity index (χ0) is 15.9. The number of benzene rings is 1. The van der Waals surface area contributed by atoms with Gasteiger partial charge in [-0.15, -0.1) is 0 Å². The smallest absolute Gasteiger partial charge is 0.315 e. The standard InChI is InChI=1S/C15H20ClN3O3/c1-22-13-6-5-11(16)8-10(13)9-18-15(21)19-12-4-2-3-7-17-14(12)20/h5-6,8,12H,2-4,7,9H2,1H3,(H,17,20)(H2,18,19,21)/t12-/m0/s1. The third kappa shape index (κ3) is 4.53. The molecule has 3 amide bonds. The van der Waals surface area contributed by atoms with Crippen LogP contribution >= 0.6 is 11.6 Å². The molecule has 1 aromatic rings. The van der Waals surface area contributed by atoms with E-state index in [0.29, 0.717) is 23.7 Å². The Morgan fingerprint density at radius 2 is 2.27 bits per heavy atom. The quantitative estimate of drug-likeness (QED) is 0.790. The summed E-state index contributed by atoms with van der Waals surface area (Å²) in [5.41, 5.74) is 0.774. The lowest BCUT2D eigenvalue weighted by Gasteiger charge is -2.16. The van der Waals surface area contributed by atoms with Gasteiger partial charge in [0, 0.05) is 23.7 Å². The highest BCUT2D eigenvalue weighted by Crippen LogP contribution is 2.22. The van der Waals surface area contributed by atoms with Crippen LogP contribution in [0.5, 0.6) is 5.75 Å². The molecule has 1 fully saturated rings. The molecular weight excluding hydrogens is 306 g/mol. The van der Waals surface area contributed by atoms with Crippen molar-refractivity contribution >= 4 is 23.5 Å². The molecule has 1 saturated heterocycles. The Morgan fingerprint density at radius 1 is 1.45 bits per heavy atom. The average molecular weight is 326 g/mol. The summed E-state index contributed by atoms with van der Waals surface area (Å²) in [4.78, 5) is 23.7. The van der Waals surface area contributed by atoms with Crippen LogP contribution in [0.2, 0.25) is 5.02 Å². The van der Waals surface area contributed by atoms with E-state index in [2.05, 4.69) is 16.0 Å². The highest BCUT2D eigenvalue weighted by molar-refractivity contribution is 6.30. The number of hydrogen-bond acceptors (Lipinski definition) is 3. The molecule has 0 saturated carbocycles. The third-order valence-corrected chi connectivity index (χ3v) is 3.76. The minimum absolute atomic E-state index is 0.131. The summed E-state index contributed by atoms with van der Waals surface area (Å²) in [6.07, 6.45) is 2.50. The van der Waals surface area contributed by atoms with E-state index in [9.17, 15) is 9.59 Å². The van der Waals surface area contributed by atoms with Crippen molar-refractivity contribution in [3.8, 4) is 5.75 Å². The van der Waals surface area contributed by atoms with E-state index < -0.39 is 6.04 Å². The van der Waals surface area contributed by atoms with Crippen molar-refractivity contribution in [2.75, 3.05) is 13.7 Å². The summed E-state index contributed by atoms with van der Waals surface area (Å²) < 4.78 is 5.22. The van der Waals surface area contributed by atoms with Crippen molar-refractivity contribution in [2.45, 2.75) is 31.8 Å². The Kier molecular flexibility index (Phi) is 5.89. The van der Waals surface area contributed by atoms with Gasteiger partial charge < -0.3 is 20.7 Å². The second kappa shape index (κ2) is 7.89. The first-order valence-corrected chi connectivity index (χ1v) is 7.62. The number of hydrogen-bond donors (Lipinski definition) is 3. The van der Waals surface area contributed by atoms with Gasteiger partial charge in [-0.25, -0.2) is 4.79 Å². The van der Waals surface area contributed by atoms with Crippen LogP contribution in [0.4, 0.5) is 4.79 Å². The van der Waals surface area contributed by atoms with Gasteiger partial charge in [0.2, 0.25) is 5.91 Å². The molecule has 3 N–H and O–H groups in total. The van der Waals surface area contributed by atoms with E-state index in [4.69, 9.17) is 16.3 Å². The zero-order valence-corrected chi connectivity index (χ0v) is 13.2. The van der Waals surface area contributed by atoms with Crippen LogP contribution in [0, 0.1) is 0 Å². The Morgan fingerprint density at radius 3 is 3.05 bits per heavy atom. The highest BCUT2D eigenvalue weighted by atomic mass is 35.5. The van der Waals surface area contributed by atoms with E-state index in [1.54, 1.807) is 25.3 Å². The second-order valence-corrected chi connectivity index (χ2v) is 5.56. The fraction of sp³-hybridized carbons (Fsp3) is 0.467. The summed E-state index contributed by atoms with van der Waals surface area (Å²) in [6.45, 7) is 0.933. The molecule has 0 aliphatic carbocycles. The van der Waals surface area contributed by atoms with Crippen LogP contribution in [0.3, 0.4) is 0 Å². The van der Waals surface area contributed by atoms with E-state index in [0.717, 1.165) is 18.4 Å². The van der Waals surface area contributed by atoms with Gasteiger partial charge in [-0.3, -0.25) is 4.79 Å². The number of nitrogens with one attached hydrogen (secondary N) is 3. The average Bonchev–Trinajstić information content (AvgIpc) is 2.70. The molecule has 22 heavy (non-hydrogen) atoms. The molecule has 1 heterocycles. The molecule has 7 heteroatoms. The first-order chi connectivity index (χ1) is 10.6. The van der Waals surface area contributed by atoms with Gasteiger partial charge in [0.25, 0.3) is 0 Å². The Labute approximate surface area is 134 Å². The SMILES string of the molecule is COc1ccc(Cl)cc1CNC(=O)N[C@H]1CCCCNC1=O. The number of carbonyl (C=O) groups excluding carboxylic acids is 2. The maximum atomic E-state index is 12.0.